The molecule has 0 bridgehead atoms. The number of carbonyl (C=O) groups is 1. The number of thiazole rings is 1. The molecule has 0 radical (unpaired) electrons. The average Bonchev–Trinajstić information content (AvgIpc) is 3.38. The fourth-order valence-corrected chi connectivity index (χ4v) is 5.93. The van der Waals surface area contributed by atoms with Crippen LogP contribution in [0.3, 0.4) is 0 Å². The highest BCUT2D eigenvalue weighted by Gasteiger charge is 2.25. The number of benzene rings is 2. The maximum absolute atomic E-state index is 12.9. The molecule has 30 heavy (non-hydrogen) atoms. The zero-order chi connectivity index (χ0) is 20.5. The van der Waals surface area contributed by atoms with Gasteiger partial charge in [0.1, 0.15) is 0 Å². The lowest BCUT2D eigenvalue weighted by Crippen LogP contribution is -2.34. The summed E-state index contributed by atoms with van der Waals surface area (Å²) in [5, 5.41) is 13.5. The fraction of sp³-hybridized carbons (Fsp3) is 0.417. The summed E-state index contributed by atoms with van der Waals surface area (Å²) in [6.45, 7) is 3.01. The van der Waals surface area contributed by atoms with E-state index < -0.39 is 0 Å². The molecule has 2 N–H and O–H groups in total. The van der Waals surface area contributed by atoms with Crippen molar-refractivity contribution in [2.75, 3.05) is 26.2 Å². The first-order valence-electron chi connectivity index (χ1n) is 10.8. The van der Waals surface area contributed by atoms with Crippen LogP contribution in [-0.4, -0.2) is 47.1 Å². The van der Waals surface area contributed by atoms with Crippen molar-refractivity contribution in [2.24, 2.45) is 0 Å². The summed E-state index contributed by atoms with van der Waals surface area (Å²) >= 11 is 1.72. The van der Waals surface area contributed by atoms with Gasteiger partial charge in [-0.15, -0.1) is 11.3 Å². The molecule has 2 aliphatic rings. The predicted octanol–water partition coefficient (Wildman–Crippen LogP) is 3.89. The molecule has 1 aliphatic carbocycles. The quantitative estimate of drug-likeness (QED) is 0.656. The van der Waals surface area contributed by atoms with Gasteiger partial charge >= 0.3 is 0 Å². The second-order valence-corrected chi connectivity index (χ2v) is 9.40. The van der Waals surface area contributed by atoms with Crippen molar-refractivity contribution < 1.29 is 9.90 Å². The van der Waals surface area contributed by atoms with Gasteiger partial charge < -0.3 is 15.3 Å². The normalized spacial score (nSPS) is 19.8. The van der Waals surface area contributed by atoms with Crippen molar-refractivity contribution in [2.45, 2.75) is 37.6 Å². The van der Waals surface area contributed by atoms with E-state index in [2.05, 4.69) is 28.4 Å². The van der Waals surface area contributed by atoms with E-state index in [1.807, 2.05) is 24.3 Å². The van der Waals surface area contributed by atoms with E-state index in [4.69, 9.17) is 10.1 Å². The van der Waals surface area contributed by atoms with Crippen LogP contribution in [0.2, 0.25) is 0 Å². The number of aliphatic hydroxyl groups excluding tert-OH is 1. The highest BCUT2D eigenvalue weighted by molar-refractivity contribution is 7.18. The number of hydrogen-bond acceptors (Lipinski definition) is 5. The Morgan fingerprint density at radius 1 is 1.17 bits per heavy atom. The van der Waals surface area contributed by atoms with E-state index in [0.717, 1.165) is 55.5 Å². The van der Waals surface area contributed by atoms with Crippen LogP contribution in [0.5, 0.6) is 0 Å². The molecule has 0 saturated carbocycles. The largest absolute Gasteiger partial charge is 0.395 e. The van der Waals surface area contributed by atoms with Gasteiger partial charge in [0.15, 0.2) is 0 Å². The first kappa shape index (κ1) is 19.7. The molecule has 5 rings (SSSR count). The lowest BCUT2D eigenvalue weighted by atomic mass is 9.97. The smallest absolute Gasteiger partial charge is 0.251 e. The number of β-amino-alcohol motifs (C(OH)–C–C–N with tert-alkyl or cyclic N) is 1. The molecule has 2 aromatic carbocycles. The summed E-state index contributed by atoms with van der Waals surface area (Å²) in [6.07, 6.45) is 4.14. The second-order valence-electron chi connectivity index (χ2n) is 8.34. The van der Waals surface area contributed by atoms with E-state index in [-0.39, 0.29) is 18.6 Å². The molecule has 0 spiro atoms. The van der Waals surface area contributed by atoms with Crippen molar-refractivity contribution in [3.05, 3.63) is 64.2 Å². The van der Waals surface area contributed by atoms with E-state index in [9.17, 15) is 4.79 Å². The second kappa shape index (κ2) is 8.46. The number of aryl methyl sites for hydroxylation is 1. The molecule has 3 aromatic rings. The number of nitrogens with zero attached hydrogens (tertiary/aromatic N) is 2. The van der Waals surface area contributed by atoms with Crippen LogP contribution < -0.4 is 5.32 Å². The number of rotatable bonds is 5. The number of fused-ring (bicyclic) bond motifs is 2. The van der Waals surface area contributed by atoms with Gasteiger partial charge in [0.2, 0.25) is 0 Å². The summed E-state index contributed by atoms with van der Waals surface area (Å²) in [5.41, 5.74) is 4.28. The molecule has 5 nitrogen and oxygen atoms in total. The van der Waals surface area contributed by atoms with Crippen LogP contribution in [0.1, 0.15) is 57.7 Å². The van der Waals surface area contributed by atoms with Gasteiger partial charge in [-0.2, -0.15) is 0 Å². The lowest BCUT2D eigenvalue weighted by molar-refractivity contribution is 0.0937. The first-order chi connectivity index (χ1) is 14.7. The van der Waals surface area contributed by atoms with Crippen LogP contribution in [0, 0.1) is 0 Å². The molecule has 0 unspecified atom stereocenters. The molecule has 1 aliphatic heterocycles. The third-order valence-electron chi connectivity index (χ3n) is 6.46. The minimum Gasteiger partial charge on any atom is -0.395 e. The van der Waals surface area contributed by atoms with Gasteiger partial charge in [-0.25, -0.2) is 4.98 Å². The van der Waals surface area contributed by atoms with Crippen molar-refractivity contribution in [1.29, 1.82) is 0 Å². The van der Waals surface area contributed by atoms with Crippen molar-refractivity contribution in [3.63, 3.8) is 0 Å². The number of aliphatic hydroxyl groups is 1. The SMILES string of the molecule is O=C(N[C@H]1CCc2ccccc21)c1ccc2nc(C3CCN(CCO)CC3)sc2c1. The number of aromatic nitrogens is 1. The van der Waals surface area contributed by atoms with Gasteiger partial charge in [-0.1, -0.05) is 24.3 Å². The maximum Gasteiger partial charge on any atom is 0.251 e. The minimum atomic E-state index is -0.00846. The highest BCUT2D eigenvalue weighted by atomic mass is 32.1. The summed E-state index contributed by atoms with van der Waals surface area (Å²) < 4.78 is 1.09. The Balaban J connectivity index is 1.29. The number of piperidine rings is 1. The third kappa shape index (κ3) is 3.87. The van der Waals surface area contributed by atoms with Crippen molar-refractivity contribution in [3.8, 4) is 0 Å². The topological polar surface area (TPSA) is 65.5 Å². The zero-order valence-corrected chi connectivity index (χ0v) is 17.8. The van der Waals surface area contributed by atoms with E-state index >= 15 is 0 Å². The monoisotopic (exact) mass is 421 g/mol. The molecule has 1 atom stereocenters. The third-order valence-corrected chi connectivity index (χ3v) is 7.64. The molecular weight excluding hydrogens is 394 g/mol. The molecule has 1 aromatic heterocycles. The Morgan fingerprint density at radius 2 is 2.00 bits per heavy atom. The Hall–Kier alpha value is -2.28. The summed E-state index contributed by atoms with van der Waals surface area (Å²) in [4.78, 5) is 20.1. The maximum atomic E-state index is 12.9. The Labute approximate surface area is 180 Å². The van der Waals surface area contributed by atoms with Gasteiger partial charge in [-0.3, -0.25) is 4.79 Å². The summed E-state index contributed by atoms with van der Waals surface area (Å²) in [7, 11) is 0. The Kier molecular flexibility index (Phi) is 5.54. The van der Waals surface area contributed by atoms with Gasteiger partial charge in [0.25, 0.3) is 5.91 Å². The molecule has 1 fully saturated rings. The van der Waals surface area contributed by atoms with Crippen LogP contribution in [0.15, 0.2) is 42.5 Å². The van der Waals surface area contributed by atoms with Crippen LogP contribution in [-0.2, 0) is 6.42 Å². The molecule has 6 heteroatoms. The molecule has 1 amide bonds. The number of hydrogen-bond donors (Lipinski definition) is 2. The summed E-state index contributed by atoms with van der Waals surface area (Å²) in [5.74, 6) is 0.468. The van der Waals surface area contributed by atoms with Crippen molar-refractivity contribution in [1.82, 2.24) is 15.2 Å². The highest BCUT2D eigenvalue weighted by Crippen LogP contribution is 2.35. The van der Waals surface area contributed by atoms with Gasteiger partial charge in [0, 0.05) is 18.0 Å². The van der Waals surface area contributed by atoms with Crippen LogP contribution in [0.25, 0.3) is 10.2 Å². The molecule has 156 valence electrons. The van der Waals surface area contributed by atoms with Gasteiger partial charge in [-0.05, 0) is 68.1 Å². The average molecular weight is 422 g/mol. The predicted molar refractivity (Wildman–Crippen MR) is 120 cm³/mol. The van der Waals surface area contributed by atoms with Gasteiger partial charge in [0.05, 0.1) is 27.9 Å². The number of amides is 1. The van der Waals surface area contributed by atoms with Crippen molar-refractivity contribution >= 4 is 27.5 Å². The Bertz CT molecular complexity index is 1060. The number of likely N-dealkylation sites (tertiary alicyclic amines) is 1. The van der Waals surface area contributed by atoms with Crippen LogP contribution in [0.4, 0.5) is 0 Å². The van der Waals surface area contributed by atoms with E-state index in [1.165, 1.54) is 16.1 Å². The number of carbonyl (C=O) groups excluding carboxylic acids is 1. The standard InChI is InChI=1S/C24H27N3O2S/c28-14-13-27-11-9-17(10-12-27)24-26-21-8-6-18(15-22(21)30-24)23(29)25-20-7-5-16-3-1-2-4-19(16)20/h1-4,6,8,15,17,20,28H,5,7,9-14H2,(H,25,29)/t20-/m0/s1. The fourth-order valence-electron chi connectivity index (χ4n) is 4.75. The molecule has 1 saturated heterocycles. The van der Waals surface area contributed by atoms with Crippen LogP contribution >= 0.6 is 11.3 Å². The number of nitrogens with one attached hydrogen (secondary N) is 1. The molecular formula is C24H27N3O2S. The first-order valence-corrected chi connectivity index (χ1v) is 11.7. The lowest BCUT2D eigenvalue weighted by Gasteiger charge is -2.30. The minimum absolute atomic E-state index is 0.00846. The molecule has 2 heterocycles. The Morgan fingerprint density at radius 3 is 2.83 bits per heavy atom. The van der Waals surface area contributed by atoms with E-state index in [1.54, 1.807) is 11.3 Å². The zero-order valence-electron chi connectivity index (χ0n) is 17.0. The summed E-state index contributed by atoms with van der Waals surface area (Å²) in [6, 6.07) is 14.4. The van der Waals surface area contributed by atoms with E-state index in [0.29, 0.717) is 11.5 Å².